The number of nitrogens with one attached hydrogen (secondary N) is 1. The molecule has 24 heavy (non-hydrogen) atoms. The number of carbonyl (C=O) groups excluding carboxylic acids is 1. The summed E-state index contributed by atoms with van der Waals surface area (Å²) in [4.78, 5) is 11.7. The van der Waals surface area contributed by atoms with E-state index in [1.807, 2.05) is 0 Å². The molecule has 0 spiro atoms. The molecule has 0 heterocycles. The van der Waals surface area contributed by atoms with Crippen LogP contribution in [0.5, 0.6) is 17.2 Å². The number of benzene rings is 1. The molecular weight excluding hydrogens is 308 g/mol. The second-order valence-corrected chi connectivity index (χ2v) is 5.38. The molecule has 0 aliphatic heterocycles. The molecule has 134 valence electrons. The van der Waals surface area contributed by atoms with Crippen LogP contribution < -0.4 is 19.6 Å². The third-order valence-corrected chi connectivity index (χ3v) is 3.63. The maximum atomic E-state index is 11.7. The van der Waals surface area contributed by atoms with Crippen molar-refractivity contribution in [2.75, 3.05) is 21.3 Å². The maximum Gasteiger partial charge on any atom is 0.240 e. The van der Waals surface area contributed by atoms with Crippen LogP contribution in [0, 0.1) is 0 Å². The van der Waals surface area contributed by atoms with Gasteiger partial charge >= 0.3 is 0 Å². The topological polar surface area (TPSA) is 69.2 Å². The van der Waals surface area contributed by atoms with E-state index in [0.29, 0.717) is 29.2 Å². The lowest BCUT2D eigenvalue weighted by Crippen LogP contribution is -2.17. The van der Waals surface area contributed by atoms with Crippen LogP contribution >= 0.6 is 0 Å². The van der Waals surface area contributed by atoms with E-state index in [9.17, 15) is 4.79 Å². The lowest BCUT2D eigenvalue weighted by atomic mass is 10.1. The molecule has 0 saturated heterocycles. The minimum atomic E-state index is -0.0813. The largest absolute Gasteiger partial charge is 0.493 e. The molecule has 0 bridgehead atoms. The SMILES string of the molecule is CCCCCCCC(=O)N/N=C/c1ccc(OC)c(OC)c1OC. The molecule has 0 fully saturated rings. The number of carbonyl (C=O) groups is 1. The number of amides is 1. The molecule has 1 amide bonds. The number of nitrogens with zero attached hydrogens (tertiary/aromatic N) is 1. The van der Waals surface area contributed by atoms with Gasteiger partial charge in [-0.3, -0.25) is 4.79 Å². The van der Waals surface area contributed by atoms with E-state index >= 15 is 0 Å². The summed E-state index contributed by atoms with van der Waals surface area (Å²) in [5, 5.41) is 4.00. The monoisotopic (exact) mass is 336 g/mol. The zero-order chi connectivity index (χ0) is 17.8. The molecule has 1 rings (SSSR count). The fourth-order valence-corrected chi connectivity index (χ4v) is 2.34. The highest BCUT2D eigenvalue weighted by atomic mass is 16.5. The first-order valence-corrected chi connectivity index (χ1v) is 8.28. The van der Waals surface area contributed by atoms with Crippen molar-refractivity contribution in [2.45, 2.75) is 45.4 Å². The van der Waals surface area contributed by atoms with Crippen molar-refractivity contribution < 1.29 is 19.0 Å². The highest BCUT2D eigenvalue weighted by Crippen LogP contribution is 2.38. The zero-order valence-corrected chi connectivity index (χ0v) is 15.1. The molecule has 0 radical (unpaired) electrons. The van der Waals surface area contributed by atoms with Crippen LogP contribution in [0.25, 0.3) is 0 Å². The van der Waals surface area contributed by atoms with Gasteiger partial charge in [-0.25, -0.2) is 5.43 Å². The fourth-order valence-electron chi connectivity index (χ4n) is 2.34. The van der Waals surface area contributed by atoms with Gasteiger partial charge in [0.25, 0.3) is 0 Å². The first-order valence-electron chi connectivity index (χ1n) is 8.28. The predicted molar refractivity (Wildman–Crippen MR) is 95.2 cm³/mol. The van der Waals surface area contributed by atoms with Crippen LogP contribution in [0.2, 0.25) is 0 Å². The zero-order valence-electron chi connectivity index (χ0n) is 15.1. The Bertz CT molecular complexity index is 544. The first kappa shape index (κ1) is 19.8. The molecule has 0 aromatic heterocycles. The average molecular weight is 336 g/mol. The molecule has 0 aliphatic rings. The maximum absolute atomic E-state index is 11.7. The quantitative estimate of drug-likeness (QED) is 0.381. The number of hydrogen-bond acceptors (Lipinski definition) is 5. The number of rotatable bonds is 11. The van der Waals surface area contributed by atoms with Crippen LogP contribution in [-0.4, -0.2) is 33.5 Å². The number of unbranched alkanes of at least 4 members (excludes halogenated alkanes) is 4. The number of hydrogen-bond donors (Lipinski definition) is 1. The van der Waals surface area contributed by atoms with Gasteiger partial charge in [-0.15, -0.1) is 0 Å². The van der Waals surface area contributed by atoms with Crippen molar-refractivity contribution >= 4 is 12.1 Å². The van der Waals surface area contributed by atoms with E-state index in [0.717, 1.165) is 12.8 Å². The second kappa shape index (κ2) is 11.3. The van der Waals surface area contributed by atoms with Crippen LogP contribution in [0.1, 0.15) is 51.0 Å². The number of methoxy groups -OCH3 is 3. The first-order chi connectivity index (χ1) is 11.7. The van der Waals surface area contributed by atoms with Crippen molar-refractivity contribution in [3.63, 3.8) is 0 Å². The van der Waals surface area contributed by atoms with Crippen LogP contribution in [0.15, 0.2) is 17.2 Å². The Labute approximate surface area is 144 Å². The summed E-state index contributed by atoms with van der Waals surface area (Å²) in [5.41, 5.74) is 3.24. The molecule has 0 unspecified atom stereocenters. The summed E-state index contributed by atoms with van der Waals surface area (Å²) in [5.74, 6) is 1.49. The molecule has 6 nitrogen and oxygen atoms in total. The van der Waals surface area contributed by atoms with Gasteiger partial charge in [0.1, 0.15) is 0 Å². The van der Waals surface area contributed by atoms with Crippen LogP contribution in [-0.2, 0) is 4.79 Å². The van der Waals surface area contributed by atoms with Gasteiger partial charge < -0.3 is 14.2 Å². The van der Waals surface area contributed by atoms with Gasteiger partial charge in [0.2, 0.25) is 11.7 Å². The van der Waals surface area contributed by atoms with Gasteiger partial charge in [0.05, 0.1) is 27.5 Å². The Morgan fingerprint density at radius 2 is 1.75 bits per heavy atom. The lowest BCUT2D eigenvalue weighted by Gasteiger charge is -2.13. The molecule has 0 aliphatic carbocycles. The highest BCUT2D eigenvalue weighted by Gasteiger charge is 2.14. The summed E-state index contributed by atoms with van der Waals surface area (Å²) in [6.07, 6.45) is 7.59. The smallest absolute Gasteiger partial charge is 0.240 e. The van der Waals surface area contributed by atoms with Crippen molar-refractivity contribution in [1.82, 2.24) is 5.43 Å². The van der Waals surface area contributed by atoms with Gasteiger partial charge in [-0.05, 0) is 18.6 Å². The van der Waals surface area contributed by atoms with Crippen molar-refractivity contribution in [1.29, 1.82) is 0 Å². The normalized spacial score (nSPS) is 10.7. The third-order valence-electron chi connectivity index (χ3n) is 3.63. The molecular formula is C18H28N2O4. The van der Waals surface area contributed by atoms with E-state index in [4.69, 9.17) is 14.2 Å². The number of ether oxygens (including phenoxy) is 3. The summed E-state index contributed by atoms with van der Waals surface area (Å²) in [6.45, 7) is 2.17. The second-order valence-electron chi connectivity index (χ2n) is 5.38. The fraction of sp³-hybridized carbons (Fsp3) is 0.556. The summed E-state index contributed by atoms with van der Waals surface area (Å²) in [6, 6.07) is 3.55. The summed E-state index contributed by atoms with van der Waals surface area (Å²) >= 11 is 0. The van der Waals surface area contributed by atoms with Crippen molar-refractivity contribution in [3.8, 4) is 17.2 Å². The lowest BCUT2D eigenvalue weighted by molar-refractivity contribution is -0.121. The van der Waals surface area contributed by atoms with E-state index in [2.05, 4.69) is 17.5 Å². The van der Waals surface area contributed by atoms with Crippen LogP contribution in [0.4, 0.5) is 0 Å². The Morgan fingerprint density at radius 3 is 2.38 bits per heavy atom. The Morgan fingerprint density at radius 1 is 1.04 bits per heavy atom. The molecule has 6 heteroatoms. The summed E-state index contributed by atoms with van der Waals surface area (Å²) < 4.78 is 15.9. The molecule has 1 N–H and O–H groups in total. The van der Waals surface area contributed by atoms with E-state index in [-0.39, 0.29) is 5.91 Å². The highest BCUT2D eigenvalue weighted by molar-refractivity contribution is 5.87. The minimum absolute atomic E-state index is 0.0813. The summed E-state index contributed by atoms with van der Waals surface area (Å²) in [7, 11) is 4.65. The van der Waals surface area contributed by atoms with Crippen LogP contribution in [0.3, 0.4) is 0 Å². The van der Waals surface area contributed by atoms with E-state index < -0.39 is 0 Å². The van der Waals surface area contributed by atoms with Gasteiger partial charge in [0, 0.05) is 12.0 Å². The molecule has 1 aromatic carbocycles. The van der Waals surface area contributed by atoms with Gasteiger partial charge in [0.15, 0.2) is 11.5 Å². The van der Waals surface area contributed by atoms with Gasteiger partial charge in [-0.2, -0.15) is 5.10 Å². The molecule has 0 saturated carbocycles. The van der Waals surface area contributed by atoms with E-state index in [1.54, 1.807) is 33.5 Å². The molecule has 0 atom stereocenters. The predicted octanol–water partition coefficient (Wildman–Crippen LogP) is 3.52. The van der Waals surface area contributed by atoms with Gasteiger partial charge in [-0.1, -0.05) is 32.6 Å². The van der Waals surface area contributed by atoms with Crippen molar-refractivity contribution in [2.24, 2.45) is 5.10 Å². The minimum Gasteiger partial charge on any atom is -0.493 e. The Hall–Kier alpha value is -2.24. The van der Waals surface area contributed by atoms with Crippen molar-refractivity contribution in [3.05, 3.63) is 17.7 Å². The standard InChI is InChI=1S/C18H28N2O4/c1-5-6-7-8-9-10-16(21)20-19-13-14-11-12-15(22-2)18(24-4)17(14)23-3/h11-13H,5-10H2,1-4H3,(H,20,21)/b19-13+. The molecule has 1 aromatic rings. The van der Waals surface area contributed by atoms with E-state index in [1.165, 1.54) is 25.5 Å². The average Bonchev–Trinajstić information content (AvgIpc) is 2.60. The third kappa shape index (κ3) is 6.10. The Kier molecular flexibility index (Phi) is 9.34. The number of hydrazone groups is 1. The Balaban J connectivity index is 2.59.